The molecule has 2 atom stereocenters. The lowest BCUT2D eigenvalue weighted by Crippen LogP contribution is -2.42. The number of likely N-dealkylation sites (N-methyl/N-ethyl adjacent to an activating group) is 1. The van der Waals surface area contributed by atoms with Crippen molar-refractivity contribution >= 4 is 17.6 Å². The highest BCUT2D eigenvalue weighted by molar-refractivity contribution is 5.80. The molecule has 2 aromatic heterocycles. The zero-order chi connectivity index (χ0) is 26.0. The van der Waals surface area contributed by atoms with Crippen molar-refractivity contribution in [3.63, 3.8) is 0 Å². The summed E-state index contributed by atoms with van der Waals surface area (Å²) in [6.45, 7) is 2.90. The number of carbonyl (C=O) groups excluding carboxylic acids is 1. The van der Waals surface area contributed by atoms with Crippen LogP contribution in [0, 0.1) is 11.8 Å². The lowest BCUT2D eigenvalue weighted by Gasteiger charge is -2.30. The van der Waals surface area contributed by atoms with Crippen molar-refractivity contribution in [2.24, 2.45) is 0 Å². The standard InChI is InChI=1S/C27H33N5O5/c1-31-9-7-28-22-14-20(5-4-10-34-2)13-21(15-22)25-17-29-32-8-6-26(30-27(25)32)37-19-23(31)16-24(18-33)36-12-11-35-3/h6,8,13-15,17-18,23-24,28H,7,9-12,16,19H2,1-3H3/t23?,24-/m1/s1. The van der Waals surface area contributed by atoms with Gasteiger partial charge < -0.3 is 29.1 Å². The Bertz CT molecular complexity index is 1250. The molecular formula is C27H33N5O5. The summed E-state index contributed by atoms with van der Waals surface area (Å²) >= 11 is 0. The van der Waals surface area contributed by atoms with E-state index < -0.39 is 6.10 Å². The molecule has 0 radical (unpaired) electrons. The third-order valence-corrected chi connectivity index (χ3v) is 6.15. The molecule has 1 aromatic carbocycles. The summed E-state index contributed by atoms with van der Waals surface area (Å²) < 4.78 is 23.7. The van der Waals surface area contributed by atoms with Crippen LogP contribution in [0.3, 0.4) is 0 Å². The van der Waals surface area contributed by atoms with Crippen LogP contribution in [0.4, 0.5) is 5.69 Å². The largest absolute Gasteiger partial charge is 0.476 e. The average molecular weight is 508 g/mol. The van der Waals surface area contributed by atoms with E-state index in [1.807, 2.05) is 25.4 Å². The van der Waals surface area contributed by atoms with Gasteiger partial charge in [0.2, 0.25) is 5.88 Å². The van der Waals surface area contributed by atoms with Crippen molar-refractivity contribution in [1.29, 1.82) is 0 Å². The van der Waals surface area contributed by atoms with Crippen molar-refractivity contribution in [3.8, 4) is 28.8 Å². The second-order valence-corrected chi connectivity index (χ2v) is 8.77. The van der Waals surface area contributed by atoms with Gasteiger partial charge in [-0.25, -0.2) is 4.52 Å². The van der Waals surface area contributed by atoms with Crippen molar-refractivity contribution < 1.29 is 23.7 Å². The lowest BCUT2D eigenvalue weighted by molar-refractivity contribution is -0.120. The number of benzene rings is 1. The van der Waals surface area contributed by atoms with E-state index in [0.717, 1.165) is 35.2 Å². The Hall–Kier alpha value is -3.49. The van der Waals surface area contributed by atoms with Crippen molar-refractivity contribution in [3.05, 3.63) is 42.2 Å². The van der Waals surface area contributed by atoms with Crippen LogP contribution < -0.4 is 10.1 Å². The Morgan fingerprint density at radius 1 is 1.27 bits per heavy atom. The number of aromatic nitrogens is 3. The molecule has 10 nitrogen and oxygen atoms in total. The number of hydrogen-bond donors (Lipinski definition) is 1. The Labute approximate surface area is 216 Å². The highest BCUT2D eigenvalue weighted by atomic mass is 16.5. The predicted octanol–water partition coefficient (Wildman–Crippen LogP) is 2.12. The number of rotatable bonds is 8. The molecule has 1 N–H and O–H groups in total. The quantitative estimate of drug-likeness (QED) is 0.279. The zero-order valence-electron chi connectivity index (χ0n) is 21.5. The van der Waals surface area contributed by atoms with E-state index >= 15 is 0 Å². The molecule has 37 heavy (non-hydrogen) atoms. The molecular weight excluding hydrogens is 474 g/mol. The van der Waals surface area contributed by atoms with Crippen molar-refractivity contribution in [2.45, 2.75) is 18.6 Å². The fourth-order valence-corrected chi connectivity index (χ4v) is 4.13. The summed E-state index contributed by atoms with van der Waals surface area (Å²) in [6.07, 6.45) is 4.40. The summed E-state index contributed by atoms with van der Waals surface area (Å²) in [4.78, 5) is 18.6. The number of ether oxygens (including phenoxy) is 4. The first-order chi connectivity index (χ1) is 18.1. The molecule has 3 heterocycles. The van der Waals surface area contributed by atoms with E-state index in [1.54, 1.807) is 31.0 Å². The number of aldehydes is 1. The molecule has 196 valence electrons. The number of carbonyl (C=O) groups is 1. The summed E-state index contributed by atoms with van der Waals surface area (Å²) in [7, 11) is 5.24. The molecule has 1 aliphatic rings. The van der Waals surface area contributed by atoms with Crippen molar-refractivity contribution in [2.75, 3.05) is 66.1 Å². The Morgan fingerprint density at radius 2 is 2.16 bits per heavy atom. The number of fused-ring (bicyclic) bond motifs is 4. The van der Waals surface area contributed by atoms with Gasteiger partial charge in [-0.15, -0.1) is 0 Å². The van der Waals surface area contributed by atoms with Crippen LogP contribution >= 0.6 is 0 Å². The molecule has 0 saturated carbocycles. The fraction of sp³-hybridized carbons (Fsp3) is 0.444. The normalized spacial score (nSPS) is 16.8. The first-order valence-corrected chi connectivity index (χ1v) is 12.2. The lowest BCUT2D eigenvalue weighted by atomic mass is 10.0. The smallest absolute Gasteiger partial charge is 0.216 e. The van der Waals surface area contributed by atoms with Gasteiger partial charge in [0.1, 0.15) is 25.6 Å². The second kappa shape index (κ2) is 13.2. The van der Waals surface area contributed by atoms with Gasteiger partial charge in [-0.1, -0.05) is 11.8 Å². The van der Waals surface area contributed by atoms with E-state index in [9.17, 15) is 4.79 Å². The molecule has 1 aliphatic heterocycles. The molecule has 0 amide bonds. The molecule has 4 bridgehead atoms. The Balaban J connectivity index is 1.65. The predicted molar refractivity (Wildman–Crippen MR) is 140 cm³/mol. The molecule has 3 aromatic rings. The summed E-state index contributed by atoms with van der Waals surface area (Å²) in [5.74, 6) is 6.68. The third kappa shape index (κ3) is 7.05. The van der Waals surface area contributed by atoms with Gasteiger partial charge in [0.25, 0.3) is 0 Å². The van der Waals surface area contributed by atoms with E-state index in [-0.39, 0.29) is 6.04 Å². The molecule has 1 unspecified atom stereocenters. The second-order valence-electron chi connectivity index (χ2n) is 8.77. The highest BCUT2D eigenvalue weighted by Gasteiger charge is 2.22. The maximum absolute atomic E-state index is 11.7. The van der Waals surface area contributed by atoms with Crippen LogP contribution in [0.25, 0.3) is 16.8 Å². The highest BCUT2D eigenvalue weighted by Crippen LogP contribution is 2.29. The Morgan fingerprint density at radius 3 is 2.97 bits per heavy atom. The van der Waals surface area contributed by atoms with Gasteiger partial charge in [0, 0.05) is 62.4 Å². The summed E-state index contributed by atoms with van der Waals surface area (Å²) in [5.41, 5.74) is 4.32. The summed E-state index contributed by atoms with van der Waals surface area (Å²) in [6, 6.07) is 7.83. The van der Waals surface area contributed by atoms with E-state index in [1.165, 1.54) is 0 Å². The molecule has 4 rings (SSSR count). The number of hydrogen-bond acceptors (Lipinski definition) is 9. The SMILES string of the molecule is COCC#Cc1cc2cc(c1)-c1cnn3ccc(nc13)OCC(C[C@H](C=O)OCCOC)N(C)CCN2. The van der Waals surface area contributed by atoms with Crippen LogP contribution in [0.5, 0.6) is 5.88 Å². The third-order valence-electron chi connectivity index (χ3n) is 6.15. The minimum absolute atomic E-state index is 0.0771. The van der Waals surface area contributed by atoms with Gasteiger partial charge in [-0.3, -0.25) is 4.90 Å². The first-order valence-electron chi connectivity index (χ1n) is 12.2. The average Bonchev–Trinajstić information content (AvgIpc) is 3.33. The monoisotopic (exact) mass is 507 g/mol. The van der Waals surface area contributed by atoms with Gasteiger partial charge in [-0.2, -0.15) is 10.1 Å². The van der Waals surface area contributed by atoms with Crippen molar-refractivity contribution in [1.82, 2.24) is 19.5 Å². The minimum atomic E-state index is -0.556. The van der Waals surface area contributed by atoms with Gasteiger partial charge in [0.05, 0.1) is 19.4 Å². The maximum atomic E-state index is 11.7. The first kappa shape index (κ1) is 26.6. The minimum Gasteiger partial charge on any atom is -0.476 e. The topological polar surface area (TPSA) is 99.5 Å². The van der Waals surface area contributed by atoms with Crippen LogP contribution in [0.2, 0.25) is 0 Å². The zero-order valence-corrected chi connectivity index (χ0v) is 21.5. The molecule has 0 aliphatic carbocycles. The number of methoxy groups -OCH3 is 2. The number of nitrogens with zero attached hydrogens (tertiary/aromatic N) is 4. The van der Waals surface area contributed by atoms with E-state index in [4.69, 9.17) is 23.9 Å². The van der Waals surface area contributed by atoms with Crippen LogP contribution in [-0.4, -0.2) is 98.7 Å². The van der Waals surface area contributed by atoms with Crippen LogP contribution in [0.15, 0.2) is 36.7 Å². The van der Waals surface area contributed by atoms with E-state index in [0.29, 0.717) is 50.9 Å². The number of nitrogens with one attached hydrogen (secondary N) is 1. The molecule has 10 heteroatoms. The van der Waals surface area contributed by atoms with Gasteiger partial charge >= 0.3 is 0 Å². The van der Waals surface area contributed by atoms with Gasteiger partial charge in [0.15, 0.2) is 5.65 Å². The summed E-state index contributed by atoms with van der Waals surface area (Å²) in [5, 5.41) is 7.98. The van der Waals surface area contributed by atoms with Gasteiger partial charge in [-0.05, 0) is 37.2 Å². The Kier molecular flexibility index (Phi) is 9.46. The van der Waals surface area contributed by atoms with Crippen LogP contribution in [-0.2, 0) is 19.0 Å². The molecule has 0 spiro atoms. The fourth-order valence-electron chi connectivity index (χ4n) is 4.13. The molecule has 0 saturated heterocycles. The molecule has 0 fully saturated rings. The maximum Gasteiger partial charge on any atom is 0.216 e. The van der Waals surface area contributed by atoms with E-state index in [2.05, 4.69) is 33.2 Å². The number of anilines is 1. The van der Waals surface area contributed by atoms with Crippen LogP contribution in [0.1, 0.15) is 12.0 Å².